The molecule has 2 aliphatic heterocycles. The number of rotatable bonds is 9. The lowest BCUT2D eigenvalue weighted by atomic mass is 9.74. The van der Waals surface area contributed by atoms with Gasteiger partial charge in [0.25, 0.3) is 5.91 Å². The molecule has 2 heterocycles. The molecule has 0 spiro atoms. The predicted octanol–water partition coefficient (Wildman–Crippen LogP) is 3.09. The molecule has 2 saturated heterocycles. The first-order valence-electron chi connectivity index (χ1n) is 11.6. The minimum atomic E-state index is -0.948. The number of amides is 3. The van der Waals surface area contributed by atoms with Crippen LogP contribution in [0, 0.1) is 5.92 Å². The quantitative estimate of drug-likeness (QED) is 0.594. The largest absolute Gasteiger partial charge is 0.497 e. The number of likely N-dealkylation sites (tertiary alicyclic amines) is 1. The normalized spacial score (nSPS) is 21.9. The Morgan fingerprint density at radius 3 is 2.42 bits per heavy atom. The summed E-state index contributed by atoms with van der Waals surface area (Å²) in [5, 5.41) is 3.12. The number of benzene rings is 2. The highest BCUT2D eigenvalue weighted by molar-refractivity contribution is 6.07. The van der Waals surface area contributed by atoms with Crippen LogP contribution in [0.25, 0.3) is 0 Å². The molecule has 176 valence electrons. The number of hydrogen-bond acceptors (Lipinski definition) is 5. The van der Waals surface area contributed by atoms with Crippen LogP contribution >= 0.6 is 0 Å². The summed E-state index contributed by atoms with van der Waals surface area (Å²) in [5.74, 6) is 0.655. The highest BCUT2D eigenvalue weighted by Crippen LogP contribution is 2.37. The van der Waals surface area contributed by atoms with Gasteiger partial charge in [-0.3, -0.25) is 14.6 Å². The number of imide groups is 1. The van der Waals surface area contributed by atoms with E-state index in [4.69, 9.17) is 9.47 Å². The number of carbonyl (C=O) groups excluding carboxylic acids is 2. The molecule has 2 aromatic carbocycles. The van der Waals surface area contributed by atoms with Crippen LogP contribution in [0.4, 0.5) is 4.79 Å². The number of nitrogens with one attached hydrogen (secondary N) is 1. The Morgan fingerprint density at radius 2 is 1.73 bits per heavy atom. The van der Waals surface area contributed by atoms with Gasteiger partial charge < -0.3 is 14.8 Å². The third-order valence-corrected chi connectivity index (χ3v) is 6.87. The molecule has 7 nitrogen and oxygen atoms in total. The monoisotopic (exact) mass is 451 g/mol. The fraction of sp³-hybridized carbons (Fsp3) is 0.462. The SMILES string of the molecule is COCCN1C(=O)N[C@@](Cc2cccc(OC)c2)(C2CCN(Cc3ccccc3)CC2)C1=O. The molecule has 33 heavy (non-hydrogen) atoms. The molecule has 3 amide bonds. The molecule has 0 aliphatic carbocycles. The molecule has 0 saturated carbocycles. The van der Waals surface area contributed by atoms with Crippen LogP contribution in [0.3, 0.4) is 0 Å². The molecule has 4 rings (SSSR count). The van der Waals surface area contributed by atoms with E-state index in [0.29, 0.717) is 13.0 Å². The zero-order valence-corrected chi connectivity index (χ0v) is 19.5. The smallest absolute Gasteiger partial charge is 0.325 e. The van der Waals surface area contributed by atoms with Gasteiger partial charge in [0.15, 0.2) is 0 Å². The van der Waals surface area contributed by atoms with Crippen LogP contribution in [-0.2, 0) is 22.5 Å². The Morgan fingerprint density at radius 1 is 1.00 bits per heavy atom. The van der Waals surface area contributed by atoms with Gasteiger partial charge in [-0.2, -0.15) is 0 Å². The predicted molar refractivity (Wildman–Crippen MR) is 126 cm³/mol. The van der Waals surface area contributed by atoms with Gasteiger partial charge in [0.1, 0.15) is 11.3 Å². The lowest BCUT2D eigenvalue weighted by Crippen LogP contribution is -2.57. The van der Waals surface area contributed by atoms with Crippen molar-refractivity contribution in [2.75, 3.05) is 40.5 Å². The molecule has 2 aliphatic rings. The van der Waals surface area contributed by atoms with Crippen LogP contribution in [0.15, 0.2) is 54.6 Å². The Balaban J connectivity index is 1.54. The van der Waals surface area contributed by atoms with E-state index in [1.807, 2.05) is 30.3 Å². The molecule has 0 bridgehead atoms. The average Bonchev–Trinajstić information content (AvgIpc) is 3.08. The molecule has 7 heteroatoms. The summed E-state index contributed by atoms with van der Waals surface area (Å²) in [6, 6.07) is 17.9. The van der Waals surface area contributed by atoms with Crippen LogP contribution < -0.4 is 10.1 Å². The topological polar surface area (TPSA) is 71.1 Å². The summed E-state index contributed by atoms with van der Waals surface area (Å²) < 4.78 is 10.5. The lowest BCUT2D eigenvalue weighted by molar-refractivity contribution is -0.134. The molecule has 2 fully saturated rings. The van der Waals surface area contributed by atoms with Crippen molar-refractivity contribution in [1.82, 2.24) is 15.1 Å². The van der Waals surface area contributed by atoms with Gasteiger partial charge in [-0.1, -0.05) is 42.5 Å². The van der Waals surface area contributed by atoms with E-state index in [0.717, 1.165) is 43.8 Å². The maximum absolute atomic E-state index is 13.7. The van der Waals surface area contributed by atoms with Crippen molar-refractivity contribution in [3.63, 3.8) is 0 Å². The first kappa shape index (κ1) is 23.3. The third-order valence-electron chi connectivity index (χ3n) is 6.87. The summed E-state index contributed by atoms with van der Waals surface area (Å²) in [4.78, 5) is 30.3. The number of hydrogen-bond donors (Lipinski definition) is 1. The first-order chi connectivity index (χ1) is 16.1. The van der Waals surface area contributed by atoms with Crippen molar-refractivity contribution in [2.24, 2.45) is 5.92 Å². The van der Waals surface area contributed by atoms with E-state index in [1.54, 1.807) is 14.2 Å². The molecule has 1 N–H and O–H groups in total. The van der Waals surface area contributed by atoms with Crippen molar-refractivity contribution in [3.05, 3.63) is 65.7 Å². The van der Waals surface area contributed by atoms with Crippen molar-refractivity contribution < 1.29 is 19.1 Å². The van der Waals surface area contributed by atoms with E-state index in [-0.39, 0.29) is 24.4 Å². The molecular weight excluding hydrogens is 418 g/mol. The minimum Gasteiger partial charge on any atom is -0.497 e. The number of carbonyl (C=O) groups is 2. The Labute approximate surface area is 195 Å². The molecule has 2 aromatic rings. The zero-order chi connectivity index (χ0) is 23.3. The van der Waals surface area contributed by atoms with E-state index >= 15 is 0 Å². The average molecular weight is 452 g/mol. The van der Waals surface area contributed by atoms with Crippen molar-refractivity contribution in [2.45, 2.75) is 31.3 Å². The van der Waals surface area contributed by atoms with Gasteiger partial charge in [0, 0.05) is 20.1 Å². The van der Waals surface area contributed by atoms with Crippen molar-refractivity contribution in [1.29, 1.82) is 0 Å². The van der Waals surface area contributed by atoms with E-state index in [9.17, 15) is 9.59 Å². The number of methoxy groups -OCH3 is 2. The number of urea groups is 1. The maximum atomic E-state index is 13.7. The van der Waals surface area contributed by atoms with Gasteiger partial charge in [0.2, 0.25) is 0 Å². The maximum Gasteiger partial charge on any atom is 0.325 e. The van der Waals surface area contributed by atoms with Crippen LogP contribution in [-0.4, -0.2) is 67.7 Å². The van der Waals surface area contributed by atoms with Crippen LogP contribution in [0.2, 0.25) is 0 Å². The number of piperidine rings is 1. The Kier molecular flexibility index (Phi) is 7.30. The van der Waals surface area contributed by atoms with Crippen molar-refractivity contribution >= 4 is 11.9 Å². The fourth-order valence-electron chi connectivity index (χ4n) is 5.10. The highest BCUT2D eigenvalue weighted by atomic mass is 16.5. The van der Waals surface area contributed by atoms with Crippen LogP contribution in [0.1, 0.15) is 24.0 Å². The van der Waals surface area contributed by atoms with E-state index < -0.39 is 5.54 Å². The highest BCUT2D eigenvalue weighted by Gasteiger charge is 2.55. The second-order valence-electron chi connectivity index (χ2n) is 8.92. The third kappa shape index (κ3) is 5.04. The second kappa shape index (κ2) is 10.4. The summed E-state index contributed by atoms with van der Waals surface area (Å²) in [6.07, 6.45) is 2.14. The first-order valence-corrected chi connectivity index (χ1v) is 11.6. The molecule has 0 unspecified atom stereocenters. The summed E-state index contributed by atoms with van der Waals surface area (Å²) in [5.41, 5.74) is 1.32. The number of ether oxygens (including phenoxy) is 2. The minimum absolute atomic E-state index is 0.0553. The van der Waals surface area contributed by atoms with Gasteiger partial charge in [0.05, 0.1) is 20.3 Å². The van der Waals surface area contributed by atoms with E-state index in [2.05, 4.69) is 34.5 Å². The Hall–Kier alpha value is -2.90. The molecular formula is C26H33N3O4. The van der Waals surface area contributed by atoms with Crippen LogP contribution in [0.5, 0.6) is 5.75 Å². The summed E-state index contributed by atoms with van der Waals surface area (Å²) >= 11 is 0. The van der Waals surface area contributed by atoms with Gasteiger partial charge in [-0.15, -0.1) is 0 Å². The van der Waals surface area contributed by atoms with Crippen molar-refractivity contribution in [3.8, 4) is 5.75 Å². The second-order valence-corrected chi connectivity index (χ2v) is 8.92. The van der Waals surface area contributed by atoms with E-state index in [1.165, 1.54) is 10.5 Å². The van der Waals surface area contributed by atoms with Gasteiger partial charge in [-0.05, 0) is 55.1 Å². The zero-order valence-electron chi connectivity index (χ0n) is 19.5. The Bertz CT molecular complexity index is 959. The molecule has 0 radical (unpaired) electrons. The molecule has 1 atom stereocenters. The fourth-order valence-corrected chi connectivity index (χ4v) is 5.10. The van der Waals surface area contributed by atoms with Gasteiger partial charge in [-0.25, -0.2) is 4.79 Å². The lowest BCUT2D eigenvalue weighted by Gasteiger charge is -2.41. The number of nitrogens with zero attached hydrogens (tertiary/aromatic N) is 2. The summed E-state index contributed by atoms with van der Waals surface area (Å²) in [6.45, 7) is 3.26. The van der Waals surface area contributed by atoms with Gasteiger partial charge >= 0.3 is 6.03 Å². The molecule has 0 aromatic heterocycles. The standard InChI is InChI=1S/C26H33N3O4/c1-32-16-15-29-24(30)26(27-25(29)31,18-21-9-6-10-23(17-21)33-2)22-11-13-28(14-12-22)19-20-7-4-3-5-8-20/h3-10,17,22H,11-16,18-19H2,1-2H3,(H,27,31)/t26-/m0/s1. The summed E-state index contributed by atoms with van der Waals surface area (Å²) in [7, 11) is 3.21.